The van der Waals surface area contributed by atoms with Crippen LogP contribution in [0, 0.1) is 5.92 Å². The van der Waals surface area contributed by atoms with E-state index in [4.69, 9.17) is 0 Å². The first-order valence-electron chi connectivity index (χ1n) is 7.37. The molecule has 1 fully saturated rings. The first kappa shape index (κ1) is 16.0. The fraction of sp³-hybridized carbons (Fsp3) is 0.375. The minimum Gasteiger partial charge on any atom is -0.302 e. The SMILES string of the molecule is O=C(Nc1nc(-c2cccc(C(F)(F)F)c2)cs1)C1CCCC1. The number of benzene rings is 1. The number of rotatable bonds is 3. The molecule has 0 unspecified atom stereocenters. The van der Waals surface area contributed by atoms with Gasteiger partial charge >= 0.3 is 6.18 Å². The van der Waals surface area contributed by atoms with Crippen molar-refractivity contribution in [2.24, 2.45) is 5.92 Å². The van der Waals surface area contributed by atoms with Crippen LogP contribution in [0.1, 0.15) is 31.2 Å². The summed E-state index contributed by atoms with van der Waals surface area (Å²) < 4.78 is 38.3. The molecule has 0 bridgehead atoms. The standard InChI is InChI=1S/C16H15F3N2OS/c17-16(18,19)12-7-3-6-11(8-12)13-9-23-15(20-13)21-14(22)10-4-1-2-5-10/h3,6-10H,1-2,4-5H2,(H,20,21,22). The highest BCUT2D eigenvalue weighted by molar-refractivity contribution is 7.14. The van der Waals surface area contributed by atoms with Crippen molar-refractivity contribution in [1.82, 2.24) is 4.98 Å². The molecule has 0 atom stereocenters. The maximum atomic E-state index is 12.8. The number of hydrogen-bond donors (Lipinski definition) is 1. The van der Waals surface area contributed by atoms with Gasteiger partial charge in [0.25, 0.3) is 0 Å². The van der Waals surface area contributed by atoms with Crippen molar-refractivity contribution in [3.63, 3.8) is 0 Å². The Morgan fingerprint density at radius 2 is 2.00 bits per heavy atom. The zero-order chi connectivity index (χ0) is 16.4. The lowest BCUT2D eigenvalue weighted by Gasteiger charge is -2.08. The number of halogens is 3. The van der Waals surface area contributed by atoms with Crippen LogP contribution in [0.5, 0.6) is 0 Å². The number of aromatic nitrogens is 1. The lowest BCUT2D eigenvalue weighted by atomic mass is 10.1. The smallest absolute Gasteiger partial charge is 0.302 e. The van der Waals surface area contributed by atoms with Crippen LogP contribution in [0.4, 0.5) is 18.3 Å². The summed E-state index contributed by atoms with van der Waals surface area (Å²) in [5, 5.41) is 4.84. The van der Waals surface area contributed by atoms with Crippen LogP contribution >= 0.6 is 11.3 Å². The molecule has 3 nitrogen and oxygen atoms in total. The molecule has 23 heavy (non-hydrogen) atoms. The van der Waals surface area contributed by atoms with Crippen LogP contribution in [-0.4, -0.2) is 10.9 Å². The minimum atomic E-state index is -4.38. The second-order valence-electron chi connectivity index (χ2n) is 5.59. The molecule has 0 aliphatic heterocycles. The maximum absolute atomic E-state index is 12.8. The van der Waals surface area contributed by atoms with Crippen molar-refractivity contribution in [2.45, 2.75) is 31.9 Å². The lowest BCUT2D eigenvalue weighted by Crippen LogP contribution is -2.20. The van der Waals surface area contributed by atoms with Crippen LogP contribution in [0.2, 0.25) is 0 Å². The number of carbonyl (C=O) groups is 1. The Morgan fingerprint density at radius 1 is 1.26 bits per heavy atom. The lowest BCUT2D eigenvalue weighted by molar-refractivity contribution is -0.137. The number of carbonyl (C=O) groups excluding carboxylic acids is 1. The molecule has 1 N–H and O–H groups in total. The molecule has 0 saturated heterocycles. The van der Waals surface area contributed by atoms with E-state index in [9.17, 15) is 18.0 Å². The zero-order valence-electron chi connectivity index (χ0n) is 12.2. The summed E-state index contributed by atoms with van der Waals surface area (Å²) in [7, 11) is 0. The third kappa shape index (κ3) is 3.72. The van der Waals surface area contributed by atoms with Crippen LogP contribution in [0.3, 0.4) is 0 Å². The Kier molecular flexibility index (Phi) is 4.39. The first-order valence-corrected chi connectivity index (χ1v) is 8.25. The van der Waals surface area contributed by atoms with Gasteiger partial charge in [0.1, 0.15) is 0 Å². The summed E-state index contributed by atoms with van der Waals surface area (Å²) >= 11 is 1.22. The second kappa shape index (κ2) is 6.31. The predicted octanol–water partition coefficient (Wildman–Crippen LogP) is 4.96. The van der Waals surface area contributed by atoms with E-state index in [0.717, 1.165) is 37.8 Å². The summed E-state index contributed by atoms with van der Waals surface area (Å²) in [6.45, 7) is 0. The normalized spacial score (nSPS) is 15.8. The monoisotopic (exact) mass is 340 g/mol. The molecule has 3 rings (SSSR count). The molecule has 1 amide bonds. The first-order chi connectivity index (χ1) is 10.9. The van der Waals surface area contributed by atoms with E-state index in [1.165, 1.54) is 17.4 Å². The fourth-order valence-electron chi connectivity index (χ4n) is 2.71. The van der Waals surface area contributed by atoms with E-state index < -0.39 is 11.7 Å². The summed E-state index contributed by atoms with van der Waals surface area (Å²) in [6.07, 6.45) is -0.488. The molecule has 1 aliphatic carbocycles. The Balaban J connectivity index is 1.75. The Labute approximate surface area is 135 Å². The summed E-state index contributed by atoms with van der Waals surface area (Å²) in [6, 6.07) is 5.03. The fourth-order valence-corrected chi connectivity index (χ4v) is 3.44. The molecule has 1 heterocycles. The second-order valence-corrected chi connectivity index (χ2v) is 6.45. The number of anilines is 1. The van der Waals surface area contributed by atoms with Crippen LogP contribution in [-0.2, 0) is 11.0 Å². The number of hydrogen-bond acceptors (Lipinski definition) is 3. The summed E-state index contributed by atoms with van der Waals surface area (Å²) in [5.74, 6) is -0.0247. The van der Waals surface area contributed by atoms with Crippen LogP contribution in [0.15, 0.2) is 29.6 Å². The van der Waals surface area contributed by atoms with Gasteiger partial charge in [0.05, 0.1) is 11.3 Å². The van der Waals surface area contributed by atoms with Crippen molar-refractivity contribution >= 4 is 22.4 Å². The van der Waals surface area contributed by atoms with E-state index in [1.807, 2.05) is 0 Å². The van der Waals surface area contributed by atoms with Gasteiger partial charge in [0.2, 0.25) is 5.91 Å². The van der Waals surface area contributed by atoms with Gasteiger partial charge in [-0.2, -0.15) is 13.2 Å². The number of alkyl halides is 3. The van der Waals surface area contributed by atoms with E-state index in [0.29, 0.717) is 16.4 Å². The van der Waals surface area contributed by atoms with Gasteiger partial charge in [-0.15, -0.1) is 11.3 Å². The molecule has 1 aromatic heterocycles. The van der Waals surface area contributed by atoms with Gasteiger partial charge in [0.15, 0.2) is 5.13 Å². The van der Waals surface area contributed by atoms with Gasteiger partial charge in [-0.1, -0.05) is 25.0 Å². The van der Waals surface area contributed by atoms with E-state index >= 15 is 0 Å². The van der Waals surface area contributed by atoms with Crippen LogP contribution in [0.25, 0.3) is 11.3 Å². The molecular formula is C16H15F3N2OS. The van der Waals surface area contributed by atoms with E-state index in [1.54, 1.807) is 11.4 Å². The quantitative estimate of drug-likeness (QED) is 0.858. The highest BCUT2D eigenvalue weighted by Crippen LogP contribution is 2.33. The molecule has 1 aliphatic rings. The molecule has 122 valence electrons. The Bertz CT molecular complexity index is 705. The van der Waals surface area contributed by atoms with E-state index in [-0.39, 0.29) is 11.8 Å². The van der Waals surface area contributed by atoms with Gasteiger partial charge in [0, 0.05) is 16.9 Å². The molecule has 0 radical (unpaired) electrons. The van der Waals surface area contributed by atoms with Crippen molar-refractivity contribution in [3.8, 4) is 11.3 Å². The highest BCUT2D eigenvalue weighted by atomic mass is 32.1. The molecular weight excluding hydrogens is 325 g/mol. The number of nitrogens with zero attached hydrogens (tertiary/aromatic N) is 1. The molecule has 1 aromatic carbocycles. The Hall–Kier alpha value is -1.89. The highest BCUT2D eigenvalue weighted by Gasteiger charge is 2.30. The molecule has 0 spiro atoms. The zero-order valence-corrected chi connectivity index (χ0v) is 13.0. The molecule has 1 saturated carbocycles. The predicted molar refractivity (Wildman–Crippen MR) is 83.1 cm³/mol. The largest absolute Gasteiger partial charge is 0.416 e. The maximum Gasteiger partial charge on any atom is 0.416 e. The van der Waals surface area contributed by atoms with Crippen molar-refractivity contribution < 1.29 is 18.0 Å². The third-order valence-corrected chi connectivity index (χ3v) is 4.70. The molecule has 2 aromatic rings. The average molecular weight is 340 g/mol. The third-order valence-electron chi connectivity index (χ3n) is 3.95. The summed E-state index contributed by atoms with van der Waals surface area (Å²) in [4.78, 5) is 16.3. The van der Waals surface area contributed by atoms with Gasteiger partial charge in [-0.05, 0) is 25.0 Å². The van der Waals surface area contributed by atoms with Crippen molar-refractivity contribution in [1.29, 1.82) is 0 Å². The van der Waals surface area contributed by atoms with E-state index in [2.05, 4.69) is 10.3 Å². The summed E-state index contributed by atoms with van der Waals surface area (Å²) in [5.41, 5.74) is 0.111. The topological polar surface area (TPSA) is 42.0 Å². The van der Waals surface area contributed by atoms with Gasteiger partial charge < -0.3 is 5.32 Å². The minimum absolute atomic E-state index is 0.0240. The van der Waals surface area contributed by atoms with Gasteiger partial charge in [-0.3, -0.25) is 4.79 Å². The van der Waals surface area contributed by atoms with Gasteiger partial charge in [-0.25, -0.2) is 4.98 Å². The average Bonchev–Trinajstić information content (AvgIpc) is 3.18. The number of thiazole rings is 1. The number of nitrogens with one attached hydrogen (secondary N) is 1. The van der Waals surface area contributed by atoms with Crippen molar-refractivity contribution in [3.05, 3.63) is 35.2 Å². The Morgan fingerprint density at radius 3 is 2.70 bits per heavy atom. The van der Waals surface area contributed by atoms with Crippen LogP contribution < -0.4 is 5.32 Å². The molecule has 7 heteroatoms. The number of amides is 1. The van der Waals surface area contributed by atoms with Crippen molar-refractivity contribution in [2.75, 3.05) is 5.32 Å².